The van der Waals surface area contributed by atoms with Gasteiger partial charge >= 0.3 is 0 Å². The summed E-state index contributed by atoms with van der Waals surface area (Å²) in [5, 5.41) is 7.52. The number of aryl methyl sites for hydroxylation is 1. The summed E-state index contributed by atoms with van der Waals surface area (Å²) in [6.07, 6.45) is 4.38. The lowest BCUT2D eigenvalue weighted by Crippen LogP contribution is -2.26. The predicted octanol–water partition coefficient (Wildman–Crippen LogP) is 2.53. The maximum absolute atomic E-state index is 12.0. The molecule has 0 amide bonds. The predicted molar refractivity (Wildman–Crippen MR) is 78.0 cm³/mol. The Bertz CT molecular complexity index is 448. The number of unbranched alkanes of at least 4 members (excludes halogenated alkanes) is 1. The fourth-order valence-corrected chi connectivity index (χ4v) is 1.87. The van der Waals surface area contributed by atoms with Gasteiger partial charge in [-0.05, 0) is 19.8 Å². The molecule has 1 atom stereocenters. The van der Waals surface area contributed by atoms with Crippen LogP contribution in [0.4, 0.5) is 5.69 Å². The van der Waals surface area contributed by atoms with Crippen LogP contribution in [-0.2, 0) is 11.3 Å². The first kappa shape index (κ1) is 16.0. The van der Waals surface area contributed by atoms with Gasteiger partial charge in [0.1, 0.15) is 5.02 Å². The molecule has 1 rings (SSSR count). The van der Waals surface area contributed by atoms with Crippen molar-refractivity contribution < 1.29 is 4.74 Å². The number of methoxy groups -OCH3 is 1. The van der Waals surface area contributed by atoms with Crippen LogP contribution in [-0.4, -0.2) is 29.5 Å². The maximum atomic E-state index is 12.0. The highest BCUT2D eigenvalue weighted by Crippen LogP contribution is 2.17. The molecule has 6 heteroatoms. The highest BCUT2D eigenvalue weighted by atomic mass is 35.5. The molecule has 1 heterocycles. The summed E-state index contributed by atoms with van der Waals surface area (Å²) in [6, 6.07) is 0.171. The third kappa shape index (κ3) is 4.84. The van der Waals surface area contributed by atoms with E-state index in [-0.39, 0.29) is 16.6 Å². The van der Waals surface area contributed by atoms with Crippen LogP contribution in [0.1, 0.15) is 33.1 Å². The Balaban J connectivity index is 2.75. The molecular formula is C13H22ClN3O2. The Labute approximate surface area is 118 Å². The lowest BCUT2D eigenvalue weighted by Gasteiger charge is -2.16. The van der Waals surface area contributed by atoms with Gasteiger partial charge in [-0.1, -0.05) is 24.9 Å². The second-order valence-electron chi connectivity index (χ2n) is 4.58. The van der Waals surface area contributed by atoms with Crippen LogP contribution in [0.2, 0.25) is 5.02 Å². The third-order valence-corrected chi connectivity index (χ3v) is 3.23. The minimum Gasteiger partial charge on any atom is -0.385 e. The highest BCUT2D eigenvalue weighted by Gasteiger charge is 2.11. The van der Waals surface area contributed by atoms with Gasteiger partial charge in [0.25, 0.3) is 5.56 Å². The second-order valence-corrected chi connectivity index (χ2v) is 4.96. The Kier molecular flexibility index (Phi) is 6.87. The van der Waals surface area contributed by atoms with E-state index in [0.29, 0.717) is 18.8 Å². The van der Waals surface area contributed by atoms with Gasteiger partial charge in [0.15, 0.2) is 0 Å². The number of ether oxygens (including phenoxy) is 1. The molecule has 1 aromatic heterocycles. The standard InChI is InChI=1S/C13H22ClN3O2/c1-4-5-7-17-13(18)12(14)11(9-15-17)16-10(2)6-8-19-3/h9-10,16H,4-8H2,1-3H3. The van der Waals surface area contributed by atoms with Gasteiger partial charge in [0, 0.05) is 26.3 Å². The molecule has 0 saturated carbocycles. The number of hydrogen-bond donors (Lipinski definition) is 1. The Morgan fingerprint density at radius 3 is 2.95 bits per heavy atom. The van der Waals surface area contributed by atoms with Crippen molar-refractivity contribution >= 4 is 17.3 Å². The lowest BCUT2D eigenvalue weighted by molar-refractivity contribution is 0.191. The zero-order valence-corrected chi connectivity index (χ0v) is 12.5. The van der Waals surface area contributed by atoms with Crippen LogP contribution in [0.15, 0.2) is 11.0 Å². The van der Waals surface area contributed by atoms with Crippen LogP contribution < -0.4 is 10.9 Å². The lowest BCUT2D eigenvalue weighted by atomic mass is 10.2. The summed E-state index contributed by atoms with van der Waals surface area (Å²) in [7, 11) is 1.66. The molecule has 0 bridgehead atoms. The van der Waals surface area contributed by atoms with Crippen molar-refractivity contribution in [3.63, 3.8) is 0 Å². The summed E-state index contributed by atoms with van der Waals surface area (Å²) < 4.78 is 6.43. The summed E-state index contributed by atoms with van der Waals surface area (Å²) in [5.74, 6) is 0. The molecule has 5 nitrogen and oxygen atoms in total. The van der Waals surface area contributed by atoms with Gasteiger partial charge < -0.3 is 10.1 Å². The molecule has 0 aliphatic carbocycles. The van der Waals surface area contributed by atoms with Crippen LogP contribution in [0.3, 0.4) is 0 Å². The smallest absolute Gasteiger partial charge is 0.287 e. The molecule has 0 spiro atoms. The molecule has 19 heavy (non-hydrogen) atoms. The molecule has 1 N–H and O–H groups in total. The van der Waals surface area contributed by atoms with E-state index in [2.05, 4.69) is 17.3 Å². The Morgan fingerprint density at radius 2 is 2.32 bits per heavy atom. The van der Waals surface area contributed by atoms with Gasteiger partial charge in [0.05, 0.1) is 11.9 Å². The van der Waals surface area contributed by atoms with E-state index in [9.17, 15) is 4.79 Å². The molecule has 0 aliphatic rings. The van der Waals surface area contributed by atoms with E-state index < -0.39 is 0 Å². The SMILES string of the molecule is CCCCn1ncc(NC(C)CCOC)c(Cl)c1=O. The third-order valence-electron chi connectivity index (χ3n) is 2.87. The normalized spacial score (nSPS) is 12.4. The number of rotatable bonds is 8. The molecule has 0 saturated heterocycles. The van der Waals surface area contributed by atoms with Crippen LogP contribution in [0.5, 0.6) is 0 Å². The van der Waals surface area contributed by atoms with Gasteiger partial charge in [0.2, 0.25) is 0 Å². The number of nitrogens with one attached hydrogen (secondary N) is 1. The van der Waals surface area contributed by atoms with Crippen molar-refractivity contribution in [3.8, 4) is 0 Å². The fourth-order valence-electron chi connectivity index (χ4n) is 1.67. The Morgan fingerprint density at radius 1 is 1.58 bits per heavy atom. The molecule has 0 aliphatic heterocycles. The van der Waals surface area contributed by atoms with Gasteiger partial charge in [-0.25, -0.2) is 4.68 Å². The number of nitrogens with zero attached hydrogens (tertiary/aromatic N) is 2. The summed E-state index contributed by atoms with van der Waals surface area (Å²) in [5.41, 5.74) is 0.349. The van der Waals surface area contributed by atoms with E-state index >= 15 is 0 Å². The molecule has 1 aromatic rings. The minimum atomic E-state index is -0.237. The Hall–Kier alpha value is -1.07. The average Bonchev–Trinajstić information content (AvgIpc) is 2.41. The quantitative estimate of drug-likeness (QED) is 0.798. The van der Waals surface area contributed by atoms with Crippen LogP contribution >= 0.6 is 11.6 Å². The number of halogens is 1. The summed E-state index contributed by atoms with van der Waals surface area (Å²) in [6.45, 7) is 5.35. The van der Waals surface area contributed by atoms with Gasteiger partial charge in [-0.3, -0.25) is 4.79 Å². The monoisotopic (exact) mass is 287 g/mol. The maximum Gasteiger partial charge on any atom is 0.287 e. The van der Waals surface area contributed by atoms with Crippen LogP contribution in [0, 0.1) is 0 Å². The van der Waals surface area contributed by atoms with Crippen molar-refractivity contribution in [1.29, 1.82) is 0 Å². The van der Waals surface area contributed by atoms with E-state index in [4.69, 9.17) is 16.3 Å². The van der Waals surface area contributed by atoms with E-state index in [1.807, 2.05) is 6.92 Å². The van der Waals surface area contributed by atoms with Crippen molar-refractivity contribution in [3.05, 3.63) is 21.6 Å². The van der Waals surface area contributed by atoms with Crippen molar-refractivity contribution in [2.75, 3.05) is 19.0 Å². The second kappa shape index (κ2) is 8.17. The molecule has 0 fully saturated rings. The number of hydrogen-bond acceptors (Lipinski definition) is 4. The number of anilines is 1. The largest absolute Gasteiger partial charge is 0.385 e. The molecule has 108 valence electrons. The van der Waals surface area contributed by atoms with Gasteiger partial charge in [-0.15, -0.1) is 0 Å². The summed E-state index contributed by atoms with van der Waals surface area (Å²) in [4.78, 5) is 12.0. The highest BCUT2D eigenvalue weighted by molar-refractivity contribution is 6.32. The fraction of sp³-hybridized carbons (Fsp3) is 0.692. The molecular weight excluding hydrogens is 266 g/mol. The number of aromatic nitrogens is 2. The molecule has 0 aromatic carbocycles. The zero-order valence-electron chi connectivity index (χ0n) is 11.8. The van der Waals surface area contributed by atoms with Crippen molar-refractivity contribution in [2.45, 2.75) is 45.7 Å². The van der Waals surface area contributed by atoms with E-state index in [1.54, 1.807) is 13.3 Å². The zero-order chi connectivity index (χ0) is 14.3. The molecule has 1 unspecified atom stereocenters. The van der Waals surface area contributed by atoms with Crippen molar-refractivity contribution in [1.82, 2.24) is 9.78 Å². The first-order valence-electron chi connectivity index (χ1n) is 6.61. The summed E-state index contributed by atoms with van der Waals surface area (Å²) >= 11 is 6.09. The molecule has 0 radical (unpaired) electrons. The van der Waals surface area contributed by atoms with E-state index in [1.165, 1.54) is 4.68 Å². The van der Waals surface area contributed by atoms with Gasteiger partial charge in [-0.2, -0.15) is 5.10 Å². The minimum absolute atomic E-state index is 0.171. The van der Waals surface area contributed by atoms with E-state index in [0.717, 1.165) is 19.3 Å². The topological polar surface area (TPSA) is 56.1 Å². The average molecular weight is 288 g/mol. The van der Waals surface area contributed by atoms with Crippen LogP contribution in [0.25, 0.3) is 0 Å². The van der Waals surface area contributed by atoms with Crippen molar-refractivity contribution in [2.24, 2.45) is 0 Å². The first-order valence-corrected chi connectivity index (χ1v) is 6.99. The first-order chi connectivity index (χ1) is 9.10.